The van der Waals surface area contributed by atoms with Crippen LogP contribution in [0.4, 0.5) is 5.69 Å². The summed E-state index contributed by atoms with van der Waals surface area (Å²) >= 11 is 0. The Morgan fingerprint density at radius 2 is 1.95 bits per heavy atom. The van der Waals surface area contributed by atoms with Crippen molar-refractivity contribution in [1.29, 1.82) is 0 Å². The molecule has 2 heterocycles. The van der Waals surface area contributed by atoms with Crippen LogP contribution < -0.4 is 5.73 Å². The Bertz CT molecular complexity index is 932. The van der Waals surface area contributed by atoms with E-state index >= 15 is 0 Å². The van der Waals surface area contributed by atoms with Crippen LogP contribution in [0.25, 0.3) is 33.1 Å². The summed E-state index contributed by atoms with van der Waals surface area (Å²) in [5.41, 5.74) is 11.9. The summed E-state index contributed by atoms with van der Waals surface area (Å²) < 4.78 is 1.71. The molecule has 98 valence electrons. The van der Waals surface area contributed by atoms with E-state index in [4.69, 9.17) is 5.73 Å². The molecule has 4 aromatic rings. The molecule has 0 radical (unpaired) electrons. The molecular weight excluding hydrogens is 250 g/mol. The predicted octanol–water partition coefficient (Wildman–Crippen LogP) is 2.70. The van der Waals surface area contributed by atoms with Crippen molar-refractivity contribution in [2.45, 2.75) is 0 Å². The molecule has 5 heteroatoms. The number of fused-ring (bicyclic) bond motifs is 2. The molecule has 0 aliphatic heterocycles. The van der Waals surface area contributed by atoms with Crippen LogP contribution in [0, 0.1) is 0 Å². The van der Waals surface area contributed by atoms with Gasteiger partial charge in [-0.25, -0.2) is 4.68 Å². The standard InChI is InChI=1S/C15H13N5/c1-20-15-13(18-19-20)7-6-10(14(15)16)11-8-17-12-5-3-2-4-9(11)12/h2-8,17H,16H2,1H3. The van der Waals surface area contributed by atoms with E-state index in [2.05, 4.69) is 27.4 Å². The van der Waals surface area contributed by atoms with Gasteiger partial charge in [-0.1, -0.05) is 23.4 Å². The third-order valence-electron chi connectivity index (χ3n) is 3.69. The molecule has 0 fully saturated rings. The predicted molar refractivity (Wildman–Crippen MR) is 80.2 cm³/mol. The van der Waals surface area contributed by atoms with E-state index in [0.29, 0.717) is 5.69 Å². The van der Waals surface area contributed by atoms with Crippen molar-refractivity contribution < 1.29 is 0 Å². The maximum Gasteiger partial charge on any atom is 0.115 e. The SMILES string of the molecule is Cn1nnc2ccc(-c3c[nH]c4ccccc34)c(N)c21. The third-order valence-corrected chi connectivity index (χ3v) is 3.69. The minimum Gasteiger partial charge on any atom is -0.396 e. The van der Waals surface area contributed by atoms with Crippen molar-refractivity contribution in [3.63, 3.8) is 0 Å². The molecule has 0 bridgehead atoms. The highest BCUT2D eigenvalue weighted by molar-refractivity contribution is 6.03. The van der Waals surface area contributed by atoms with Crippen molar-refractivity contribution in [2.24, 2.45) is 7.05 Å². The Hall–Kier alpha value is -2.82. The Morgan fingerprint density at radius 1 is 1.10 bits per heavy atom. The number of anilines is 1. The molecule has 0 unspecified atom stereocenters. The molecule has 2 aromatic carbocycles. The topological polar surface area (TPSA) is 72.5 Å². The molecule has 2 aromatic heterocycles. The van der Waals surface area contributed by atoms with E-state index < -0.39 is 0 Å². The van der Waals surface area contributed by atoms with Crippen LogP contribution in [0.1, 0.15) is 0 Å². The molecule has 0 saturated heterocycles. The first-order chi connectivity index (χ1) is 9.75. The first-order valence-corrected chi connectivity index (χ1v) is 6.40. The molecule has 3 N–H and O–H groups in total. The number of H-pyrrole nitrogens is 1. The number of hydrogen-bond donors (Lipinski definition) is 2. The first kappa shape index (κ1) is 11.0. The Kier molecular flexibility index (Phi) is 2.12. The lowest BCUT2D eigenvalue weighted by atomic mass is 10.0. The Balaban J connectivity index is 2.07. The summed E-state index contributed by atoms with van der Waals surface area (Å²) in [7, 11) is 1.85. The smallest absolute Gasteiger partial charge is 0.115 e. The largest absolute Gasteiger partial charge is 0.396 e. The second kappa shape index (κ2) is 3.84. The van der Waals surface area contributed by atoms with Gasteiger partial charge in [-0.05, 0) is 18.2 Å². The molecule has 0 aliphatic rings. The molecule has 0 amide bonds. The zero-order valence-corrected chi connectivity index (χ0v) is 11.0. The van der Waals surface area contributed by atoms with Crippen molar-refractivity contribution in [1.82, 2.24) is 20.0 Å². The van der Waals surface area contributed by atoms with E-state index in [1.807, 2.05) is 37.5 Å². The zero-order chi connectivity index (χ0) is 13.7. The van der Waals surface area contributed by atoms with Gasteiger partial charge in [0.05, 0.1) is 5.69 Å². The average Bonchev–Trinajstić information content (AvgIpc) is 3.04. The number of para-hydroxylation sites is 1. The fourth-order valence-corrected chi connectivity index (χ4v) is 2.71. The van der Waals surface area contributed by atoms with Gasteiger partial charge in [0.2, 0.25) is 0 Å². The quantitative estimate of drug-likeness (QED) is 0.519. The molecule has 0 saturated carbocycles. The van der Waals surface area contributed by atoms with Crippen molar-refractivity contribution >= 4 is 27.6 Å². The van der Waals surface area contributed by atoms with Crippen molar-refractivity contribution in [3.8, 4) is 11.1 Å². The van der Waals surface area contributed by atoms with Crippen molar-refractivity contribution in [3.05, 3.63) is 42.6 Å². The van der Waals surface area contributed by atoms with Gasteiger partial charge >= 0.3 is 0 Å². The fraction of sp³-hybridized carbons (Fsp3) is 0.0667. The second-order valence-electron chi connectivity index (χ2n) is 4.86. The normalized spacial score (nSPS) is 11.4. The number of nitrogen functional groups attached to an aromatic ring is 1. The lowest BCUT2D eigenvalue weighted by Gasteiger charge is -2.06. The van der Waals surface area contributed by atoms with Crippen LogP contribution in [0.2, 0.25) is 0 Å². The van der Waals surface area contributed by atoms with Gasteiger partial charge in [0, 0.05) is 35.3 Å². The van der Waals surface area contributed by atoms with Gasteiger partial charge < -0.3 is 10.7 Å². The molecule has 20 heavy (non-hydrogen) atoms. The molecule has 5 nitrogen and oxygen atoms in total. The van der Waals surface area contributed by atoms with Crippen LogP contribution in [0.5, 0.6) is 0 Å². The molecular formula is C15H13N5. The number of aromatic amines is 1. The monoisotopic (exact) mass is 263 g/mol. The summed E-state index contributed by atoms with van der Waals surface area (Å²) in [6, 6.07) is 12.1. The summed E-state index contributed by atoms with van der Waals surface area (Å²) in [5, 5.41) is 9.27. The average molecular weight is 263 g/mol. The van der Waals surface area contributed by atoms with Crippen LogP contribution >= 0.6 is 0 Å². The van der Waals surface area contributed by atoms with E-state index in [1.165, 1.54) is 0 Å². The number of nitrogens with two attached hydrogens (primary N) is 1. The van der Waals surface area contributed by atoms with Gasteiger partial charge in [-0.15, -0.1) is 5.10 Å². The van der Waals surface area contributed by atoms with Crippen molar-refractivity contribution in [2.75, 3.05) is 5.73 Å². The minimum atomic E-state index is 0.708. The number of rotatable bonds is 1. The second-order valence-corrected chi connectivity index (χ2v) is 4.86. The van der Waals surface area contributed by atoms with E-state index in [-0.39, 0.29) is 0 Å². The summed E-state index contributed by atoms with van der Waals surface area (Å²) in [4.78, 5) is 3.28. The number of nitrogens with zero attached hydrogens (tertiary/aromatic N) is 3. The van der Waals surface area contributed by atoms with E-state index in [1.54, 1.807) is 4.68 Å². The fourth-order valence-electron chi connectivity index (χ4n) is 2.71. The van der Waals surface area contributed by atoms with E-state index in [9.17, 15) is 0 Å². The summed E-state index contributed by atoms with van der Waals surface area (Å²) in [5.74, 6) is 0. The Labute approximate surface area is 115 Å². The number of nitrogens with one attached hydrogen (secondary N) is 1. The number of hydrogen-bond acceptors (Lipinski definition) is 3. The summed E-state index contributed by atoms with van der Waals surface area (Å²) in [6.45, 7) is 0. The number of aromatic nitrogens is 4. The first-order valence-electron chi connectivity index (χ1n) is 6.40. The van der Waals surface area contributed by atoms with Gasteiger partial charge in [0.1, 0.15) is 11.0 Å². The lowest BCUT2D eigenvalue weighted by Crippen LogP contribution is -1.96. The van der Waals surface area contributed by atoms with Gasteiger partial charge in [-0.2, -0.15) is 0 Å². The third kappa shape index (κ3) is 1.37. The van der Waals surface area contributed by atoms with Crippen LogP contribution in [-0.4, -0.2) is 20.0 Å². The summed E-state index contributed by atoms with van der Waals surface area (Å²) in [6.07, 6.45) is 1.99. The van der Waals surface area contributed by atoms with Crippen LogP contribution in [0.15, 0.2) is 42.6 Å². The van der Waals surface area contributed by atoms with Gasteiger partial charge in [0.15, 0.2) is 0 Å². The number of aryl methyl sites for hydroxylation is 1. The van der Waals surface area contributed by atoms with Crippen LogP contribution in [0.3, 0.4) is 0 Å². The highest BCUT2D eigenvalue weighted by Crippen LogP contribution is 2.35. The maximum atomic E-state index is 6.33. The van der Waals surface area contributed by atoms with Crippen LogP contribution in [-0.2, 0) is 7.05 Å². The van der Waals surface area contributed by atoms with Gasteiger partial charge in [-0.3, -0.25) is 0 Å². The molecule has 4 rings (SSSR count). The minimum absolute atomic E-state index is 0.708. The highest BCUT2D eigenvalue weighted by atomic mass is 15.4. The number of benzene rings is 2. The van der Waals surface area contributed by atoms with E-state index in [0.717, 1.165) is 33.1 Å². The zero-order valence-electron chi connectivity index (χ0n) is 11.0. The van der Waals surface area contributed by atoms with Gasteiger partial charge in [0.25, 0.3) is 0 Å². The molecule has 0 atom stereocenters. The Morgan fingerprint density at radius 3 is 2.85 bits per heavy atom. The highest BCUT2D eigenvalue weighted by Gasteiger charge is 2.13. The molecule has 0 spiro atoms. The maximum absolute atomic E-state index is 6.33. The lowest BCUT2D eigenvalue weighted by molar-refractivity contribution is 0.737. The molecule has 0 aliphatic carbocycles.